The number of aryl methyl sites for hydroxylation is 2. The summed E-state index contributed by atoms with van der Waals surface area (Å²) in [4.78, 5) is 2.41. The zero-order chi connectivity index (χ0) is 12.7. The van der Waals surface area contributed by atoms with Crippen molar-refractivity contribution in [2.45, 2.75) is 33.1 Å². The van der Waals surface area contributed by atoms with Crippen LogP contribution in [0.5, 0.6) is 0 Å². The lowest BCUT2D eigenvalue weighted by atomic mass is 10.1. The molecule has 0 unspecified atom stereocenters. The first-order valence-corrected chi connectivity index (χ1v) is 7.05. The van der Waals surface area contributed by atoms with E-state index in [-0.39, 0.29) is 0 Å². The van der Waals surface area contributed by atoms with E-state index in [1.54, 1.807) is 0 Å². The largest absolute Gasteiger partial charge is 0.459 e. The Morgan fingerprint density at radius 2 is 2.00 bits per heavy atom. The molecule has 1 aliphatic rings. The minimum atomic E-state index is 0.734. The molecule has 0 radical (unpaired) electrons. The molecule has 0 spiro atoms. The van der Waals surface area contributed by atoms with Crippen LogP contribution in [0, 0.1) is 6.92 Å². The Bertz CT molecular complexity index is 582. The van der Waals surface area contributed by atoms with E-state index >= 15 is 0 Å². The van der Waals surface area contributed by atoms with Gasteiger partial charge >= 0.3 is 0 Å². The molecule has 0 aliphatic carbocycles. The van der Waals surface area contributed by atoms with Crippen molar-refractivity contribution >= 4 is 28.3 Å². The van der Waals surface area contributed by atoms with E-state index in [1.165, 1.54) is 29.5 Å². The SMILES string of the molecule is CCc1oc2c(Cl)cc(N3CCCC3)cc2c1C. The van der Waals surface area contributed by atoms with Crippen molar-refractivity contribution in [3.63, 3.8) is 0 Å². The van der Waals surface area contributed by atoms with E-state index in [0.29, 0.717) is 0 Å². The predicted octanol–water partition coefficient (Wildman–Crippen LogP) is 4.56. The Morgan fingerprint density at radius 1 is 1.28 bits per heavy atom. The van der Waals surface area contributed by atoms with Crippen LogP contribution in [-0.2, 0) is 6.42 Å². The molecule has 0 saturated carbocycles. The average molecular weight is 264 g/mol. The highest BCUT2D eigenvalue weighted by Crippen LogP contribution is 2.36. The fourth-order valence-corrected chi connectivity index (χ4v) is 3.06. The van der Waals surface area contributed by atoms with Crippen molar-refractivity contribution in [2.24, 2.45) is 0 Å². The third-order valence-corrected chi connectivity index (χ3v) is 4.15. The van der Waals surface area contributed by atoms with E-state index in [9.17, 15) is 0 Å². The van der Waals surface area contributed by atoms with Gasteiger partial charge in [0.15, 0.2) is 5.58 Å². The van der Waals surface area contributed by atoms with Crippen LogP contribution in [0.2, 0.25) is 5.02 Å². The summed E-state index contributed by atoms with van der Waals surface area (Å²) in [7, 11) is 0. The molecule has 1 saturated heterocycles. The summed E-state index contributed by atoms with van der Waals surface area (Å²) in [5.74, 6) is 1.05. The van der Waals surface area contributed by atoms with Crippen molar-refractivity contribution in [2.75, 3.05) is 18.0 Å². The van der Waals surface area contributed by atoms with Gasteiger partial charge in [-0.05, 0) is 37.5 Å². The highest BCUT2D eigenvalue weighted by Gasteiger charge is 2.17. The number of benzene rings is 1. The molecule has 3 rings (SSSR count). The van der Waals surface area contributed by atoms with Gasteiger partial charge in [0, 0.05) is 30.6 Å². The van der Waals surface area contributed by atoms with Gasteiger partial charge in [-0.15, -0.1) is 0 Å². The minimum absolute atomic E-state index is 0.734. The third kappa shape index (κ3) is 1.79. The van der Waals surface area contributed by atoms with Crippen LogP contribution in [0.4, 0.5) is 5.69 Å². The molecule has 18 heavy (non-hydrogen) atoms. The first kappa shape index (κ1) is 11.9. The molecular weight excluding hydrogens is 246 g/mol. The molecule has 2 nitrogen and oxygen atoms in total. The highest BCUT2D eigenvalue weighted by molar-refractivity contribution is 6.35. The summed E-state index contributed by atoms with van der Waals surface area (Å²) in [6.07, 6.45) is 3.47. The number of rotatable bonds is 2. The van der Waals surface area contributed by atoms with Gasteiger partial charge in [-0.2, -0.15) is 0 Å². The lowest BCUT2D eigenvalue weighted by Crippen LogP contribution is -2.17. The zero-order valence-electron chi connectivity index (χ0n) is 10.9. The number of furan rings is 1. The summed E-state index contributed by atoms with van der Waals surface area (Å²) in [6, 6.07) is 4.27. The van der Waals surface area contributed by atoms with Crippen LogP contribution in [0.15, 0.2) is 16.5 Å². The molecule has 0 atom stereocenters. The number of fused-ring (bicyclic) bond motifs is 1. The Hall–Kier alpha value is -1.15. The Kier molecular flexibility index (Phi) is 2.98. The standard InChI is InChI=1S/C15H18ClNO/c1-3-14-10(2)12-8-11(17-6-4-5-7-17)9-13(16)15(12)18-14/h8-9H,3-7H2,1-2H3. The first-order chi connectivity index (χ1) is 8.70. The molecule has 0 N–H and O–H groups in total. The molecule has 1 fully saturated rings. The van der Waals surface area contributed by atoms with E-state index < -0.39 is 0 Å². The average Bonchev–Trinajstić information content (AvgIpc) is 2.98. The predicted molar refractivity (Wildman–Crippen MR) is 76.8 cm³/mol. The van der Waals surface area contributed by atoms with Crippen molar-refractivity contribution in [1.29, 1.82) is 0 Å². The van der Waals surface area contributed by atoms with Gasteiger partial charge in [-0.1, -0.05) is 18.5 Å². The quantitative estimate of drug-likeness (QED) is 0.790. The van der Waals surface area contributed by atoms with Gasteiger partial charge in [0.25, 0.3) is 0 Å². The Morgan fingerprint density at radius 3 is 2.67 bits per heavy atom. The van der Waals surface area contributed by atoms with E-state index in [2.05, 4.69) is 24.8 Å². The lowest BCUT2D eigenvalue weighted by molar-refractivity contribution is 0.553. The van der Waals surface area contributed by atoms with Gasteiger partial charge in [-0.25, -0.2) is 0 Å². The zero-order valence-corrected chi connectivity index (χ0v) is 11.7. The fraction of sp³-hybridized carbons (Fsp3) is 0.467. The molecule has 1 aliphatic heterocycles. The van der Waals surface area contributed by atoms with Crippen molar-refractivity contribution < 1.29 is 4.42 Å². The number of hydrogen-bond acceptors (Lipinski definition) is 2. The van der Waals surface area contributed by atoms with Crippen LogP contribution in [0.25, 0.3) is 11.0 Å². The number of hydrogen-bond donors (Lipinski definition) is 0. The summed E-state index contributed by atoms with van der Waals surface area (Å²) in [5, 5.41) is 1.90. The van der Waals surface area contributed by atoms with Crippen molar-refractivity contribution in [3.8, 4) is 0 Å². The maximum Gasteiger partial charge on any atom is 0.153 e. The van der Waals surface area contributed by atoms with Gasteiger partial charge in [-0.3, -0.25) is 0 Å². The molecule has 1 aromatic heterocycles. The molecule has 96 valence electrons. The highest BCUT2D eigenvalue weighted by atomic mass is 35.5. The maximum atomic E-state index is 6.36. The van der Waals surface area contributed by atoms with Crippen LogP contribution >= 0.6 is 11.6 Å². The number of nitrogens with zero attached hydrogens (tertiary/aromatic N) is 1. The van der Waals surface area contributed by atoms with Crippen molar-refractivity contribution in [3.05, 3.63) is 28.5 Å². The van der Waals surface area contributed by atoms with Gasteiger partial charge < -0.3 is 9.32 Å². The maximum absolute atomic E-state index is 6.36. The summed E-state index contributed by atoms with van der Waals surface area (Å²) < 4.78 is 5.85. The molecular formula is C15H18ClNO. The Balaban J connectivity index is 2.16. The van der Waals surface area contributed by atoms with Crippen LogP contribution < -0.4 is 4.90 Å². The fourth-order valence-electron chi connectivity index (χ4n) is 2.81. The second-order valence-corrected chi connectivity index (χ2v) is 5.41. The number of anilines is 1. The first-order valence-electron chi connectivity index (χ1n) is 6.67. The minimum Gasteiger partial charge on any atom is -0.459 e. The summed E-state index contributed by atoms with van der Waals surface area (Å²) in [6.45, 7) is 6.51. The van der Waals surface area contributed by atoms with E-state index in [4.69, 9.17) is 16.0 Å². The van der Waals surface area contributed by atoms with E-state index in [0.717, 1.165) is 35.9 Å². The summed E-state index contributed by atoms with van der Waals surface area (Å²) >= 11 is 6.36. The number of halogens is 1. The van der Waals surface area contributed by atoms with Gasteiger partial charge in [0.1, 0.15) is 5.76 Å². The van der Waals surface area contributed by atoms with Gasteiger partial charge in [0.2, 0.25) is 0 Å². The molecule has 0 bridgehead atoms. The lowest BCUT2D eigenvalue weighted by Gasteiger charge is -2.17. The second kappa shape index (κ2) is 4.51. The topological polar surface area (TPSA) is 16.4 Å². The molecule has 0 amide bonds. The van der Waals surface area contributed by atoms with Crippen LogP contribution in [0.1, 0.15) is 31.1 Å². The monoisotopic (exact) mass is 263 g/mol. The summed E-state index contributed by atoms with van der Waals surface area (Å²) in [5.41, 5.74) is 3.31. The third-order valence-electron chi connectivity index (χ3n) is 3.87. The molecule has 2 heterocycles. The Labute approximate surface area is 113 Å². The smallest absolute Gasteiger partial charge is 0.153 e. The van der Waals surface area contributed by atoms with Gasteiger partial charge in [0.05, 0.1) is 5.02 Å². The van der Waals surface area contributed by atoms with E-state index in [1.807, 2.05) is 6.07 Å². The normalized spacial score (nSPS) is 15.8. The molecule has 3 heteroatoms. The van der Waals surface area contributed by atoms with Crippen LogP contribution in [0.3, 0.4) is 0 Å². The molecule has 1 aromatic carbocycles. The molecule has 2 aromatic rings. The van der Waals surface area contributed by atoms with Crippen LogP contribution in [-0.4, -0.2) is 13.1 Å². The second-order valence-electron chi connectivity index (χ2n) is 5.00. The van der Waals surface area contributed by atoms with Crippen molar-refractivity contribution in [1.82, 2.24) is 0 Å².